The molecule has 0 aliphatic rings. The first-order valence-electron chi connectivity index (χ1n) is 5.66. The minimum absolute atomic E-state index is 0.0695. The SMILES string of the molecule is Cc1nn(C)c(Cl)c1CC(=O)c1ccc(N)c(Cl)c1. The number of carbonyl (C=O) groups excluding carboxylic acids is 1. The van der Waals surface area contributed by atoms with Gasteiger partial charge < -0.3 is 5.73 Å². The zero-order valence-corrected chi connectivity index (χ0v) is 12.1. The highest BCUT2D eigenvalue weighted by molar-refractivity contribution is 6.33. The Morgan fingerprint density at radius 1 is 1.42 bits per heavy atom. The smallest absolute Gasteiger partial charge is 0.167 e. The molecule has 0 bridgehead atoms. The topological polar surface area (TPSA) is 60.9 Å². The highest BCUT2D eigenvalue weighted by Gasteiger charge is 2.16. The zero-order chi connectivity index (χ0) is 14.2. The second-order valence-electron chi connectivity index (χ2n) is 4.31. The van der Waals surface area contributed by atoms with Crippen molar-refractivity contribution in [3.05, 3.63) is 45.2 Å². The van der Waals surface area contributed by atoms with Crippen LogP contribution in [0.2, 0.25) is 10.2 Å². The molecule has 2 N–H and O–H groups in total. The lowest BCUT2D eigenvalue weighted by Gasteiger charge is -2.04. The molecule has 4 nitrogen and oxygen atoms in total. The number of anilines is 1. The highest BCUT2D eigenvalue weighted by Crippen LogP contribution is 2.23. The van der Waals surface area contributed by atoms with Crippen molar-refractivity contribution in [1.82, 2.24) is 9.78 Å². The van der Waals surface area contributed by atoms with E-state index >= 15 is 0 Å². The Morgan fingerprint density at radius 2 is 2.11 bits per heavy atom. The van der Waals surface area contributed by atoms with Crippen LogP contribution in [0.3, 0.4) is 0 Å². The van der Waals surface area contributed by atoms with E-state index in [1.165, 1.54) is 0 Å². The molecule has 100 valence electrons. The molecule has 2 aromatic rings. The molecule has 1 aromatic carbocycles. The largest absolute Gasteiger partial charge is 0.398 e. The minimum atomic E-state index is -0.0695. The van der Waals surface area contributed by atoms with Gasteiger partial charge in [0.1, 0.15) is 5.15 Å². The lowest BCUT2D eigenvalue weighted by atomic mass is 10.0. The molecule has 0 aliphatic heterocycles. The molecule has 0 amide bonds. The number of Topliss-reactive ketones (excluding diaryl/α,β-unsaturated/α-hetero) is 1. The molecule has 1 heterocycles. The van der Waals surface area contributed by atoms with Crippen molar-refractivity contribution >= 4 is 34.7 Å². The molecule has 19 heavy (non-hydrogen) atoms. The molecule has 0 saturated carbocycles. The van der Waals surface area contributed by atoms with E-state index in [0.29, 0.717) is 21.4 Å². The van der Waals surface area contributed by atoms with Crippen molar-refractivity contribution in [1.29, 1.82) is 0 Å². The van der Waals surface area contributed by atoms with Crippen LogP contribution in [0.1, 0.15) is 21.6 Å². The first-order valence-corrected chi connectivity index (χ1v) is 6.42. The molecule has 6 heteroatoms. The number of nitrogen functional groups attached to an aromatic ring is 1. The average Bonchev–Trinajstić information content (AvgIpc) is 2.59. The Balaban J connectivity index is 2.28. The van der Waals surface area contributed by atoms with Gasteiger partial charge in [-0.05, 0) is 25.1 Å². The fourth-order valence-electron chi connectivity index (χ4n) is 1.84. The number of carbonyl (C=O) groups is 1. The second-order valence-corrected chi connectivity index (χ2v) is 5.08. The Kier molecular flexibility index (Phi) is 3.83. The van der Waals surface area contributed by atoms with Crippen molar-refractivity contribution in [2.45, 2.75) is 13.3 Å². The van der Waals surface area contributed by atoms with Gasteiger partial charge in [-0.25, -0.2) is 0 Å². The predicted octanol–water partition coefficient (Wildman–Crippen LogP) is 3.04. The maximum absolute atomic E-state index is 12.2. The molecule has 0 fully saturated rings. The van der Waals surface area contributed by atoms with Crippen LogP contribution < -0.4 is 5.73 Å². The summed E-state index contributed by atoms with van der Waals surface area (Å²) in [5.41, 5.74) is 8.07. The fourth-order valence-corrected chi connectivity index (χ4v) is 2.26. The van der Waals surface area contributed by atoms with Gasteiger partial charge in [0.15, 0.2) is 5.78 Å². The van der Waals surface area contributed by atoms with Gasteiger partial charge in [-0.2, -0.15) is 5.10 Å². The summed E-state index contributed by atoms with van der Waals surface area (Å²) < 4.78 is 1.55. The number of hydrogen-bond acceptors (Lipinski definition) is 3. The number of nitrogens with two attached hydrogens (primary N) is 1. The van der Waals surface area contributed by atoms with Gasteiger partial charge in [0.25, 0.3) is 0 Å². The maximum Gasteiger partial charge on any atom is 0.167 e. The third kappa shape index (κ3) is 2.74. The van der Waals surface area contributed by atoms with E-state index in [9.17, 15) is 4.79 Å². The van der Waals surface area contributed by atoms with E-state index in [1.54, 1.807) is 29.9 Å². The van der Waals surface area contributed by atoms with Crippen LogP contribution in [-0.4, -0.2) is 15.6 Å². The Morgan fingerprint density at radius 3 is 2.63 bits per heavy atom. The molecule has 0 spiro atoms. The third-order valence-corrected chi connectivity index (χ3v) is 3.73. The van der Waals surface area contributed by atoms with Crippen LogP contribution >= 0.6 is 23.2 Å². The number of rotatable bonds is 3. The number of hydrogen-bond donors (Lipinski definition) is 1. The first kappa shape index (κ1) is 13.9. The van der Waals surface area contributed by atoms with Crippen molar-refractivity contribution < 1.29 is 4.79 Å². The molecular formula is C13H13Cl2N3O. The maximum atomic E-state index is 12.2. The summed E-state index contributed by atoms with van der Waals surface area (Å²) in [6.07, 6.45) is 0.193. The van der Waals surface area contributed by atoms with E-state index in [1.807, 2.05) is 6.92 Å². The number of nitrogens with zero attached hydrogens (tertiary/aromatic N) is 2. The van der Waals surface area contributed by atoms with Gasteiger partial charge in [0.05, 0.1) is 16.4 Å². The standard InChI is InChI=1S/C13H13Cl2N3O/c1-7-9(13(15)18(2)17-7)6-12(19)8-3-4-11(16)10(14)5-8/h3-5H,6,16H2,1-2H3. The van der Waals surface area contributed by atoms with Crippen LogP contribution in [-0.2, 0) is 13.5 Å². The van der Waals surface area contributed by atoms with Gasteiger partial charge in [-0.15, -0.1) is 0 Å². The summed E-state index contributed by atoms with van der Waals surface area (Å²) in [4.78, 5) is 12.2. The van der Waals surface area contributed by atoms with Crippen LogP contribution in [0.25, 0.3) is 0 Å². The summed E-state index contributed by atoms with van der Waals surface area (Å²) in [6.45, 7) is 1.82. The molecule has 1 aromatic heterocycles. The van der Waals surface area contributed by atoms with Crippen LogP contribution in [0.15, 0.2) is 18.2 Å². The Hall–Kier alpha value is -1.52. The molecule has 0 aliphatic carbocycles. The fraction of sp³-hybridized carbons (Fsp3) is 0.231. The summed E-state index contributed by atoms with van der Waals surface area (Å²) >= 11 is 12.0. The highest BCUT2D eigenvalue weighted by atomic mass is 35.5. The van der Waals surface area contributed by atoms with E-state index in [4.69, 9.17) is 28.9 Å². The molecule has 0 atom stereocenters. The summed E-state index contributed by atoms with van der Waals surface area (Å²) in [5.74, 6) is -0.0695. The predicted molar refractivity (Wildman–Crippen MR) is 76.9 cm³/mol. The molecular weight excluding hydrogens is 285 g/mol. The second kappa shape index (κ2) is 5.23. The normalized spacial score (nSPS) is 10.7. The lowest BCUT2D eigenvalue weighted by molar-refractivity contribution is 0.0993. The third-order valence-electron chi connectivity index (χ3n) is 2.93. The zero-order valence-electron chi connectivity index (χ0n) is 10.6. The van der Waals surface area contributed by atoms with Crippen molar-refractivity contribution in [2.75, 3.05) is 5.73 Å². The molecule has 2 rings (SSSR count). The molecule has 0 radical (unpaired) electrons. The van der Waals surface area contributed by atoms with Gasteiger partial charge in [-0.3, -0.25) is 9.48 Å². The number of aryl methyl sites for hydroxylation is 2. The van der Waals surface area contributed by atoms with Gasteiger partial charge >= 0.3 is 0 Å². The lowest BCUT2D eigenvalue weighted by Crippen LogP contribution is -2.05. The van der Waals surface area contributed by atoms with Gasteiger partial charge in [-0.1, -0.05) is 23.2 Å². The van der Waals surface area contributed by atoms with E-state index in [-0.39, 0.29) is 12.2 Å². The van der Waals surface area contributed by atoms with Crippen molar-refractivity contribution in [2.24, 2.45) is 7.05 Å². The number of benzene rings is 1. The summed E-state index contributed by atoms with van der Waals surface area (Å²) in [7, 11) is 1.74. The Labute approximate surface area is 121 Å². The van der Waals surface area contributed by atoms with Crippen molar-refractivity contribution in [3.8, 4) is 0 Å². The van der Waals surface area contributed by atoms with E-state index < -0.39 is 0 Å². The van der Waals surface area contributed by atoms with E-state index in [2.05, 4.69) is 5.10 Å². The van der Waals surface area contributed by atoms with Crippen molar-refractivity contribution in [3.63, 3.8) is 0 Å². The van der Waals surface area contributed by atoms with E-state index in [0.717, 1.165) is 11.3 Å². The van der Waals surface area contributed by atoms with Crippen LogP contribution in [0.5, 0.6) is 0 Å². The van der Waals surface area contributed by atoms with Gasteiger partial charge in [0.2, 0.25) is 0 Å². The minimum Gasteiger partial charge on any atom is -0.398 e. The summed E-state index contributed by atoms with van der Waals surface area (Å²) in [6, 6.07) is 4.84. The monoisotopic (exact) mass is 297 g/mol. The summed E-state index contributed by atoms with van der Waals surface area (Å²) in [5, 5.41) is 5.03. The van der Waals surface area contributed by atoms with Crippen LogP contribution in [0, 0.1) is 6.92 Å². The number of halogens is 2. The van der Waals surface area contributed by atoms with Gasteiger partial charge in [0, 0.05) is 24.6 Å². The number of aromatic nitrogens is 2. The first-order chi connectivity index (χ1) is 8.90. The quantitative estimate of drug-likeness (QED) is 0.700. The number of ketones is 1. The molecule has 0 unspecified atom stereocenters. The average molecular weight is 298 g/mol. The molecule has 0 saturated heterocycles. The Bertz CT molecular complexity index is 650. The van der Waals surface area contributed by atoms with Crippen LogP contribution in [0.4, 0.5) is 5.69 Å².